The normalized spacial score (nSPS) is 12.0. The number of carbonyl (C=O) groups excluding carboxylic acids is 1. The summed E-state index contributed by atoms with van der Waals surface area (Å²) in [6, 6.07) is 23.3. The first-order valence-electron chi connectivity index (χ1n) is 8.25. The number of carbonyl (C=O) groups is 1. The maximum absolute atomic E-state index is 12.7. The second kappa shape index (κ2) is 6.72. The van der Waals surface area contributed by atoms with Gasteiger partial charge in [-0.25, -0.2) is 0 Å². The minimum Gasteiger partial charge on any atom is -0.618 e. The number of nitrogens with one attached hydrogen (secondary N) is 1. The Labute approximate surface area is 150 Å². The number of benzene rings is 2. The van der Waals surface area contributed by atoms with E-state index in [0.29, 0.717) is 10.5 Å². The lowest BCUT2D eigenvalue weighted by molar-refractivity contribution is -0.607. The molecule has 4 aromatic rings. The molecule has 2 aromatic heterocycles. The van der Waals surface area contributed by atoms with Crippen molar-refractivity contribution in [1.82, 2.24) is 5.32 Å². The first kappa shape index (κ1) is 15.9. The van der Waals surface area contributed by atoms with Crippen LogP contribution in [0.4, 0.5) is 0 Å². The summed E-state index contributed by atoms with van der Waals surface area (Å²) in [6.07, 6.45) is 1.30. The minimum absolute atomic E-state index is 0.0320. The first-order chi connectivity index (χ1) is 12.7. The van der Waals surface area contributed by atoms with Crippen molar-refractivity contribution >= 4 is 16.9 Å². The molecule has 0 aliphatic rings. The number of amides is 1. The van der Waals surface area contributed by atoms with Crippen LogP contribution in [0.3, 0.4) is 0 Å². The summed E-state index contributed by atoms with van der Waals surface area (Å²) in [7, 11) is 0. The van der Waals surface area contributed by atoms with Crippen molar-refractivity contribution in [3.63, 3.8) is 0 Å². The molecule has 0 unspecified atom stereocenters. The van der Waals surface area contributed by atoms with Crippen LogP contribution in [0.25, 0.3) is 11.0 Å². The van der Waals surface area contributed by atoms with Crippen LogP contribution in [0, 0.1) is 5.21 Å². The van der Waals surface area contributed by atoms with E-state index in [2.05, 4.69) is 5.32 Å². The zero-order valence-corrected chi connectivity index (χ0v) is 13.8. The van der Waals surface area contributed by atoms with Crippen LogP contribution in [0.5, 0.6) is 0 Å². The van der Waals surface area contributed by atoms with Crippen molar-refractivity contribution in [3.8, 4) is 0 Å². The zero-order chi connectivity index (χ0) is 17.9. The van der Waals surface area contributed by atoms with Gasteiger partial charge in [-0.1, -0.05) is 48.5 Å². The molecule has 1 atom stereocenters. The molecule has 128 valence electrons. The molecule has 0 bridgehead atoms. The second-order valence-corrected chi connectivity index (χ2v) is 5.92. The molecule has 0 fully saturated rings. The number of para-hydroxylation sites is 1. The molecule has 0 aliphatic carbocycles. The average molecular weight is 344 g/mol. The predicted octanol–water partition coefficient (Wildman–Crippen LogP) is 3.59. The summed E-state index contributed by atoms with van der Waals surface area (Å²) in [6.45, 7) is 0. The average Bonchev–Trinajstić information content (AvgIpc) is 3.11. The summed E-state index contributed by atoms with van der Waals surface area (Å²) in [5, 5.41) is 15.8. The van der Waals surface area contributed by atoms with Gasteiger partial charge in [0, 0.05) is 17.5 Å². The van der Waals surface area contributed by atoms with Gasteiger partial charge in [0.25, 0.3) is 5.69 Å². The topological polar surface area (TPSA) is 69.2 Å². The van der Waals surface area contributed by atoms with Crippen LogP contribution in [0.15, 0.2) is 89.5 Å². The summed E-state index contributed by atoms with van der Waals surface area (Å²) in [5.74, 6) is 0.147. The van der Waals surface area contributed by atoms with Gasteiger partial charge in [-0.05, 0) is 23.8 Å². The van der Waals surface area contributed by atoms with Crippen LogP contribution < -0.4 is 10.0 Å². The Morgan fingerprint density at radius 3 is 2.46 bits per heavy atom. The van der Waals surface area contributed by atoms with E-state index in [9.17, 15) is 10.0 Å². The van der Waals surface area contributed by atoms with Crippen molar-refractivity contribution in [2.45, 2.75) is 6.04 Å². The fourth-order valence-electron chi connectivity index (χ4n) is 2.92. The molecule has 0 saturated carbocycles. The lowest BCUT2D eigenvalue weighted by Crippen LogP contribution is -2.40. The van der Waals surface area contributed by atoms with E-state index in [-0.39, 0.29) is 5.69 Å². The smallest absolute Gasteiger partial charge is 0.318 e. The number of aromatic nitrogens is 1. The van der Waals surface area contributed by atoms with Crippen molar-refractivity contribution in [2.24, 2.45) is 0 Å². The van der Waals surface area contributed by atoms with Gasteiger partial charge in [-0.15, -0.1) is 0 Å². The maximum atomic E-state index is 12.7. The number of hydrogen-bond donors (Lipinski definition) is 1. The summed E-state index contributed by atoms with van der Waals surface area (Å²) >= 11 is 0. The van der Waals surface area contributed by atoms with Gasteiger partial charge < -0.3 is 14.9 Å². The SMILES string of the molecule is O=C(N[C@@H](c1ccccc1)c1cc2ccccc2o1)c1cccc[n+]1[O-]. The Morgan fingerprint density at radius 2 is 1.69 bits per heavy atom. The molecule has 26 heavy (non-hydrogen) atoms. The Kier molecular flexibility index (Phi) is 4.11. The molecule has 2 heterocycles. The van der Waals surface area contributed by atoms with Crippen molar-refractivity contribution < 1.29 is 13.9 Å². The second-order valence-electron chi connectivity index (χ2n) is 5.92. The van der Waals surface area contributed by atoms with Gasteiger partial charge in [0.05, 0.1) is 0 Å². The number of furan rings is 1. The quantitative estimate of drug-likeness (QED) is 0.454. The third-order valence-electron chi connectivity index (χ3n) is 4.19. The fourth-order valence-corrected chi connectivity index (χ4v) is 2.92. The molecular formula is C21H16N2O3. The highest BCUT2D eigenvalue weighted by atomic mass is 16.5. The Bertz CT molecular complexity index is 1020. The van der Waals surface area contributed by atoms with E-state index < -0.39 is 11.9 Å². The Morgan fingerprint density at radius 1 is 0.962 bits per heavy atom. The number of rotatable bonds is 4. The third kappa shape index (κ3) is 3.02. The molecule has 2 aromatic carbocycles. The standard InChI is InChI=1S/C21H16N2O3/c24-21(17-11-6-7-13-23(17)25)22-20(15-8-2-1-3-9-15)19-14-16-10-4-5-12-18(16)26-19/h1-14,20H,(H,22,24)/t20-/m0/s1. The fraction of sp³-hybridized carbons (Fsp3) is 0.0476. The monoisotopic (exact) mass is 344 g/mol. The van der Waals surface area contributed by atoms with Gasteiger partial charge in [0.15, 0.2) is 6.20 Å². The molecule has 5 nitrogen and oxygen atoms in total. The minimum atomic E-state index is -0.503. The molecular weight excluding hydrogens is 328 g/mol. The highest BCUT2D eigenvalue weighted by molar-refractivity contribution is 5.91. The predicted molar refractivity (Wildman–Crippen MR) is 97.4 cm³/mol. The first-order valence-corrected chi connectivity index (χ1v) is 8.25. The Balaban J connectivity index is 1.74. The van der Waals surface area contributed by atoms with Crippen LogP contribution in [-0.4, -0.2) is 5.91 Å². The van der Waals surface area contributed by atoms with Gasteiger partial charge in [0.2, 0.25) is 0 Å². The number of hydrogen-bond acceptors (Lipinski definition) is 3. The van der Waals surface area contributed by atoms with Gasteiger partial charge >= 0.3 is 5.91 Å². The molecule has 0 saturated heterocycles. The van der Waals surface area contributed by atoms with Crippen LogP contribution in [0.1, 0.15) is 27.9 Å². The van der Waals surface area contributed by atoms with E-state index in [1.165, 1.54) is 12.3 Å². The molecule has 0 spiro atoms. The molecule has 0 aliphatic heterocycles. The van der Waals surface area contributed by atoms with Gasteiger partial charge in [-0.3, -0.25) is 4.79 Å². The van der Waals surface area contributed by atoms with Crippen molar-refractivity contribution in [2.75, 3.05) is 0 Å². The van der Waals surface area contributed by atoms with E-state index in [1.54, 1.807) is 12.1 Å². The number of fused-ring (bicyclic) bond motifs is 1. The lowest BCUT2D eigenvalue weighted by Gasteiger charge is -2.16. The van der Waals surface area contributed by atoms with E-state index >= 15 is 0 Å². The molecule has 0 radical (unpaired) electrons. The lowest BCUT2D eigenvalue weighted by atomic mass is 10.0. The van der Waals surface area contributed by atoms with E-state index in [0.717, 1.165) is 16.5 Å². The Hall–Kier alpha value is -3.60. The molecule has 1 N–H and O–H groups in total. The van der Waals surface area contributed by atoms with E-state index in [1.807, 2.05) is 60.7 Å². The number of nitrogens with zero attached hydrogens (tertiary/aromatic N) is 1. The summed E-state index contributed by atoms with van der Waals surface area (Å²) < 4.78 is 6.50. The molecule has 1 amide bonds. The van der Waals surface area contributed by atoms with Crippen molar-refractivity contribution in [3.05, 3.63) is 107 Å². The molecule has 5 heteroatoms. The van der Waals surface area contributed by atoms with Gasteiger partial charge in [0.1, 0.15) is 17.4 Å². The van der Waals surface area contributed by atoms with Crippen molar-refractivity contribution in [1.29, 1.82) is 0 Å². The van der Waals surface area contributed by atoms with Crippen LogP contribution >= 0.6 is 0 Å². The van der Waals surface area contributed by atoms with Crippen LogP contribution in [-0.2, 0) is 0 Å². The summed E-state index contributed by atoms with van der Waals surface area (Å²) in [5.41, 5.74) is 1.65. The van der Waals surface area contributed by atoms with Crippen LogP contribution in [0.2, 0.25) is 0 Å². The highest BCUT2D eigenvalue weighted by Crippen LogP contribution is 2.28. The maximum Gasteiger partial charge on any atom is 0.318 e. The summed E-state index contributed by atoms with van der Waals surface area (Å²) in [4.78, 5) is 12.7. The molecule has 4 rings (SSSR count). The highest BCUT2D eigenvalue weighted by Gasteiger charge is 2.24. The zero-order valence-electron chi connectivity index (χ0n) is 13.8. The van der Waals surface area contributed by atoms with Gasteiger partial charge in [-0.2, -0.15) is 4.73 Å². The van der Waals surface area contributed by atoms with E-state index in [4.69, 9.17) is 4.42 Å². The largest absolute Gasteiger partial charge is 0.618 e. The number of pyridine rings is 1. The third-order valence-corrected chi connectivity index (χ3v) is 4.19.